The van der Waals surface area contributed by atoms with Crippen molar-refractivity contribution in [1.29, 1.82) is 0 Å². The molecule has 7 aliphatic rings. The molecule has 0 aromatic carbocycles. The Balaban J connectivity index is 1.21. The van der Waals surface area contributed by atoms with Gasteiger partial charge < -0.3 is 75.1 Å². The summed E-state index contributed by atoms with van der Waals surface area (Å²) in [5.41, 5.74) is -3.32. The highest BCUT2D eigenvalue weighted by molar-refractivity contribution is 5.79. The van der Waals surface area contributed by atoms with Crippen LogP contribution < -0.4 is 0 Å². The molecule has 0 amide bonds. The SMILES string of the molecule is CC1(C)CC[C@]2(C(=O)O[C@@H]3O[C@H](CO)[C@@H](O)[C@H](O)[C@H]3O)CC[C@]3(C)C(=CC[C@@H]4[C@@]5(C)C[C@@H](O)[C@H](O[C@@H]6O[C@H](CO)[C@@H](O)[C@H](O)[C@H]6O)[C@@](C)(CO)[C@@H]5CC[C@]43C)[C@@H]2[C@@H]1O. The minimum absolute atomic E-state index is 0.0245. The molecular formula is C42H68O16. The maximum atomic E-state index is 14.6. The molecule has 2 saturated heterocycles. The molecule has 16 heteroatoms. The lowest BCUT2D eigenvalue weighted by molar-refractivity contribution is -0.345. The van der Waals surface area contributed by atoms with Gasteiger partial charge in [-0.15, -0.1) is 0 Å². The van der Waals surface area contributed by atoms with Gasteiger partial charge in [-0.25, -0.2) is 0 Å². The fourth-order valence-electron chi connectivity index (χ4n) is 13.7. The van der Waals surface area contributed by atoms with Crippen molar-refractivity contribution < 1.29 is 79.9 Å². The van der Waals surface area contributed by atoms with Gasteiger partial charge in [0.1, 0.15) is 48.8 Å². The van der Waals surface area contributed by atoms with E-state index in [0.717, 1.165) is 5.57 Å². The summed E-state index contributed by atoms with van der Waals surface area (Å²) in [6.07, 6.45) is -12.6. The highest BCUT2D eigenvalue weighted by Gasteiger charge is 2.72. The summed E-state index contributed by atoms with van der Waals surface area (Å²) in [4.78, 5) is 14.6. The Kier molecular flexibility index (Phi) is 11.7. The Morgan fingerprint density at radius 2 is 1.29 bits per heavy atom. The molecule has 0 aromatic rings. The van der Waals surface area contributed by atoms with Crippen LogP contribution in [0.3, 0.4) is 0 Å². The molecule has 332 valence electrons. The summed E-state index contributed by atoms with van der Waals surface area (Å²) >= 11 is 0. The first kappa shape index (κ1) is 44.7. The maximum absolute atomic E-state index is 14.6. The number of fused-ring (bicyclic) bond motifs is 7. The zero-order valence-electron chi connectivity index (χ0n) is 34.6. The molecule has 11 N–H and O–H groups in total. The second-order valence-electron chi connectivity index (χ2n) is 20.7. The van der Waals surface area contributed by atoms with Crippen LogP contribution in [0.1, 0.15) is 92.9 Å². The van der Waals surface area contributed by atoms with Gasteiger partial charge in [-0.3, -0.25) is 4.79 Å². The third-order valence-electron chi connectivity index (χ3n) is 17.5. The van der Waals surface area contributed by atoms with Crippen LogP contribution in [0.15, 0.2) is 11.6 Å². The van der Waals surface area contributed by atoms with Crippen molar-refractivity contribution >= 4 is 5.97 Å². The highest BCUT2D eigenvalue weighted by Crippen LogP contribution is 2.76. The first-order chi connectivity index (χ1) is 27.0. The Morgan fingerprint density at radius 1 is 0.724 bits per heavy atom. The summed E-state index contributed by atoms with van der Waals surface area (Å²) < 4.78 is 23.4. The Hall–Kier alpha value is -1.35. The molecule has 4 saturated carbocycles. The van der Waals surface area contributed by atoms with Crippen LogP contribution in [0.25, 0.3) is 0 Å². The summed E-state index contributed by atoms with van der Waals surface area (Å²) in [5, 5.41) is 118. The zero-order chi connectivity index (χ0) is 42.7. The average Bonchev–Trinajstić information content (AvgIpc) is 3.18. The standard InChI is InChI=1S/C42H68O16/c1-37(2)11-13-42(36(54)58-35-31(52)29(50)27(48)22(17-44)56-35)14-12-40(5)19(25(42)32(37)53)7-8-24-38(3)15-20(46)33(39(4,18-45)23(38)9-10-41(24,40)6)57-34-30(51)28(49)26(47)21(16-43)55-34/h7,20-35,43-53H,8-18H2,1-6H3/t20-,21-,22-,23-,24-,25-,26-,27-,28+,29+,30-,31-,32+,33+,34+,35+,38+,39+,40-,41-,42+/m1/s1. The van der Waals surface area contributed by atoms with Crippen molar-refractivity contribution in [3.05, 3.63) is 11.6 Å². The number of aliphatic hydroxyl groups is 11. The first-order valence-electron chi connectivity index (χ1n) is 21.2. The molecule has 0 bridgehead atoms. The average molecular weight is 829 g/mol. The molecule has 16 nitrogen and oxygen atoms in total. The van der Waals surface area contributed by atoms with Crippen LogP contribution in [0.2, 0.25) is 0 Å². The van der Waals surface area contributed by atoms with E-state index in [2.05, 4.69) is 26.8 Å². The highest BCUT2D eigenvalue weighted by atomic mass is 16.7. The first-order valence-corrected chi connectivity index (χ1v) is 21.2. The summed E-state index contributed by atoms with van der Waals surface area (Å²) in [6.45, 7) is 10.8. The number of hydrogen-bond donors (Lipinski definition) is 11. The van der Waals surface area contributed by atoms with Gasteiger partial charge in [0.15, 0.2) is 6.29 Å². The molecule has 58 heavy (non-hydrogen) atoms. The molecule has 5 aliphatic carbocycles. The van der Waals surface area contributed by atoms with Crippen molar-refractivity contribution in [1.82, 2.24) is 0 Å². The molecule has 0 aromatic heterocycles. The largest absolute Gasteiger partial charge is 0.432 e. The normalized spacial score (nSPS) is 55.2. The van der Waals surface area contributed by atoms with Crippen LogP contribution in [0.4, 0.5) is 0 Å². The Bertz CT molecular complexity index is 1570. The van der Waals surface area contributed by atoms with Gasteiger partial charge in [0.05, 0.1) is 43.5 Å². The van der Waals surface area contributed by atoms with Gasteiger partial charge >= 0.3 is 5.97 Å². The van der Waals surface area contributed by atoms with Crippen LogP contribution in [0.5, 0.6) is 0 Å². The van der Waals surface area contributed by atoms with Gasteiger partial charge in [0, 0.05) is 11.3 Å². The number of hydrogen-bond acceptors (Lipinski definition) is 16. The maximum Gasteiger partial charge on any atom is 0.315 e. The third-order valence-corrected chi connectivity index (χ3v) is 17.5. The summed E-state index contributed by atoms with van der Waals surface area (Å²) in [5.74, 6) is -1.55. The minimum atomic E-state index is -1.77. The van der Waals surface area contributed by atoms with E-state index >= 15 is 0 Å². The monoisotopic (exact) mass is 828 g/mol. The number of allylic oxidation sites excluding steroid dienone is 1. The van der Waals surface area contributed by atoms with E-state index in [1.807, 2.05) is 20.8 Å². The van der Waals surface area contributed by atoms with Crippen molar-refractivity contribution in [2.45, 2.75) is 173 Å². The van der Waals surface area contributed by atoms with E-state index in [0.29, 0.717) is 44.9 Å². The van der Waals surface area contributed by atoms with E-state index in [1.54, 1.807) is 0 Å². The lowest BCUT2D eigenvalue weighted by atomic mass is 9.33. The molecule has 0 unspecified atom stereocenters. The van der Waals surface area contributed by atoms with Crippen LogP contribution in [0, 0.1) is 50.2 Å². The van der Waals surface area contributed by atoms with Gasteiger partial charge in [-0.05, 0) is 84.9 Å². The third kappa shape index (κ3) is 6.25. The van der Waals surface area contributed by atoms with E-state index in [9.17, 15) is 61.0 Å². The van der Waals surface area contributed by atoms with Crippen LogP contribution in [-0.4, -0.2) is 162 Å². The van der Waals surface area contributed by atoms with Crippen LogP contribution in [-0.2, 0) is 23.7 Å². The van der Waals surface area contributed by atoms with Crippen molar-refractivity contribution in [3.8, 4) is 0 Å². The van der Waals surface area contributed by atoms with Crippen molar-refractivity contribution in [3.63, 3.8) is 0 Å². The fraction of sp³-hybridized carbons (Fsp3) is 0.929. The minimum Gasteiger partial charge on any atom is -0.432 e. The molecule has 0 spiro atoms. The van der Waals surface area contributed by atoms with Crippen molar-refractivity contribution in [2.24, 2.45) is 50.2 Å². The lowest BCUT2D eigenvalue weighted by Crippen LogP contribution is -2.70. The van der Waals surface area contributed by atoms with Crippen LogP contribution >= 0.6 is 0 Å². The predicted molar refractivity (Wildman–Crippen MR) is 202 cm³/mol. The number of rotatable bonds is 7. The molecule has 7 rings (SSSR count). The number of aliphatic hydroxyl groups excluding tert-OH is 11. The topological polar surface area (TPSA) is 277 Å². The van der Waals surface area contributed by atoms with Crippen molar-refractivity contribution in [2.75, 3.05) is 19.8 Å². The fourth-order valence-corrected chi connectivity index (χ4v) is 13.7. The van der Waals surface area contributed by atoms with Gasteiger partial charge in [-0.2, -0.15) is 0 Å². The Labute approximate surface area is 339 Å². The smallest absolute Gasteiger partial charge is 0.315 e. The summed E-state index contributed by atoms with van der Waals surface area (Å²) in [7, 11) is 0. The quantitative estimate of drug-likeness (QED) is 0.0854. The zero-order valence-corrected chi connectivity index (χ0v) is 34.6. The molecule has 6 fully saturated rings. The molecule has 21 atom stereocenters. The van der Waals surface area contributed by atoms with E-state index in [4.69, 9.17) is 18.9 Å². The van der Waals surface area contributed by atoms with Gasteiger partial charge in [-0.1, -0.05) is 53.2 Å². The van der Waals surface area contributed by atoms with E-state index < -0.39 is 137 Å². The van der Waals surface area contributed by atoms with Gasteiger partial charge in [0.2, 0.25) is 6.29 Å². The number of esters is 1. The second kappa shape index (κ2) is 15.2. The molecule has 2 heterocycles. The second-order valence-corrected chi connectivity index (χ2v) is 20.7. The molecule has 0 radical (unpaired) electrons. The van der Waals surface area contributed by atoms with Gasteiger partial charge in [0.25, 0.3) is 0 Å². The summed E-state index contributed by atoms with van der Waals surface area (Å²) in [6, 6.07) is 0. The Morgan fingerprint density at radius 3 is 1.88 bits per heavy atom. The number of ether oxygens (including phenoxy) is 4. The lowest BCUT2D eigenvalue weighted by Gasteiger charge is -2.72. The predicted octanol–water partition coefficient (Wildman–Crippen LogP) is -0.770. The number of carbonyl (C=O) groups is 1. The molecular weight excluding hydrogens is 760 g/mol. The number of carbonyl (C=O) groups excluding carboxylic acids is 1. The van der Waals surface area contributed by atoms with E-state index in [-0.39, 0.29) is 24.9 Å². The van der Waals surface area contributed by atoms with E-state index in [1.165, 1.54) is 0 Å². The molecule has 2 aliphatic heterocycles.